The number of benzene rings is 1. The first-order valence-corrected chi connectivity index (χ1v) is 8.29. The van der Waals surface area contributed by atoms with E-state index in [1.165, 1.54) is 31.4 Å². The molecule has 1 aliphatic carbocycles. The second-order valence-electron chi connectivity index (χ2n) is 5.98. The molecule has 0 spiro atoms. The molecule has 1 heteroatoms. The second kappa shape index (κ2) is 8.14. The Labute approximate surface area is 124 Å². The van der Waals surface area contributed by atoms with Gasteiger partial charge >= 0.3 is 0 Å². The zero-order chi connectivity index (χ0) is 14.2. The lowest BCUT2D eigenvalue weighted by Gasteiger charge is -2.35. The Hall–Kier alpha value is -1.24. The van der Waals surface area contributed by atoms with Crippen molar-refractivity contribution < 1.29 is 0 Å². The van der Waals surface area contributed by atoms with Crippen molar-refractivity contribution in [2.75, 3.05) is 11.4 Å². The number of hydrogen-bond donors (Lipinski definition) is 0. The van der Waals surface area contributed by atoms with Gasteiger partial charge in [0.15, 0.2) is 0 Å². The Bertz CT molecular complexity index is 389. The molecule has 0 bridgehead atoms. The number of hydrogen-bond acceptors (Lipinski definition) is 1. The van der Waals surface area contributed by atoms with Gasteiger partial charge in [-0.05, 0) is 50.7 Å². The molecule has 110 valence electrons. The first kappa shape index (κ1) is 15.2. The molecule has 0 aliphatic heterocycles. The molecule has 0 amide bonds. The molecule has 1 fully saturated rings. The van der Waals surface area contributed by atoms with E-state index in [0.29, 0.717) is 6.04 Å². The van der Waals surface area contributed by atoms with Crippen LogP contribution in [0.4, 0.5) is 5.69 Å². The Morgan fingerprint density at radius 2 is 1.85 bits per heavy atom. The molecule has 1 aliphatic rings. The predicted molar refractivity (Wildman–Crippen MR) is 89.3 cm³/mol. The van der Waals surface area contributed by atoms with E-state index < -0.39 is 0 Å². The van der Waals surface area contributed by atoms with Gasteiger partial charge in [-0.15, -0.1) is 0 Å². The van der Waals surface area contributed by atoms with E-state index in [1.54, 1.807) is 0 Å². The number of anilines is 1. The maximum atomic E-state index is 2.62. The third kappa shape index (κ3) is 4.13. The van der Waals surface area contributed by atoms with Crippen LogP contribution in [0.1, 0.15) is 52.4 Å². The topological polar surface area (TPSA) is 3.24 Å². The lowest BCUT2D eigenvalue weighted by Crippen LogP contribution is -2.38. The lowest BCUT2D eigenvalue weighted by atomic mass is 9.97. The second-order valence-corrected chi connectivity index (χ2v) is 5.98. The standard InChI is InChI=1S/C19H29N/c1-3-4-5-11-16-20(19-14-7-6-8-15-19)17(2)18-12-9-10-13-18/h4-8,14-15,17-18H,3,9-13,16H2,1-2H3/b5-4+. The minimum absolute atomic E-state index is 0.662. The highest BCUT2D eigenvalue weighted by molar-refractivity contribution is 5.47. The summed E-state index contributed by atoms with van der Waals surface area (Å²) in [6, 6.07) is 11.6. The van der Waals surface area contributed by atoms with Crippen LogP contribution in [0.15, 0.2) is 42.5 Å². The van der Waals surface area contributed by atoms with Crippen molar-refractivity contribution in [1.29, 1.82) is 0 Å². The third-order valence-corrected chi connectivity index (χ3v) is 4.60. The monoisotopic (exact) mass is 271 g/mol. The van der Waals surface area contributed by atoms with Gasteiger partial charge in [-0.3, -0.25) is 0 Å². The highest BCUT2D eigenvalue weighted by Gasteiger charge is 2.26. The fourth-order valence-corrected chi connectivity index (χ4v) is 3.38. The average molecular weight is 271 g/mol. The van der Waals surface area contributed by atoms with Crippen LogP contribution < -0.4 is 4.90 Å². The number of allylic oxidation sites excluding steroid dienone is 1. The minimum Gasteiger partial charge on any atom is -0.368 e. The smallest absolute Gasteiger partial charge is 0.0368 e. The molecule has 0 N–H and O–H groups in total. The molecule has 0 saturated heterocycles. The summed E-state index contributed by atoms with van der Waals surface area (Å²) in [5, 5.41) is 0. The quantitative estimate of drug-likeness (QED) is 0.598. The zero-order valence-electron chi connectivity index (χ0n) is 13.1. The third-order valence-electron chi connectivity index (χ3n) is 4.60. The van der Waals surface area contributed by atoms with Gasteiger partial charge < -0.3 is 4.90 Å². The summed E-state index contributed by atoms with van der Waals surface area (Å²) in [4.78, 5) is 2.62. The fourth-order valence-electron chi connectivity index (χ4n) is 3.38. The van der Waals surface area contributed by atoms with E-state index >= 15 is 0 Å². The molecule has 2 rings (SSSR count). The maximum Gasteiger partial charge on any atom is 0.0368 e. The van der Waals surface area contributed by atoms with Crippen molar-refractivity contribution in [3.63, 3.8) is 0 Å². The Morgan fingerprint density at radius 1 is 1.15 bits per heavy atom. The Kier molecular flexibility index (Phi) is 6.17. The number of para-hydroxylation sites is 1. The van der Waals surface area contributed by atoms with Crippen LogP contribution in [0.25, 0.3) is 0 Å². The van der Waals surface area contributed by atoms with Crippen molar-refractivity contribution in [2.45, 2.75) is 58.4 Å². The molecule has 1 aromatic carbocycles. The molecule has 0 aromatic heterocycles. The van der Waals surface area contributed by atoms with Crippen molar-refractivity contribution in [3.8, 4) is 0 Å². The van der Waals surface area contributed by atoms with E-state index in [9.17, 15) is 0 Å². The van der Waals surface area contributed by atoms with Gasteiger partial charge in [0.25, 0.3) is 0 Å². The van der Waals surface area contributed by atoms with Gasteiger partial charge in [-0.25, -0.2) is 0 Å². The molecule has 1 aromatic rings. The minimum atomic E-state index is 0.662. The summed E-state index contributed by atoms with van der Waals surface area (Å²) in [6.45, 7) is 5.76. The van der Waals surface area contributed by atoms with Crippen LogP contribution in [0.5, 0.6) is 0 Å². The molecule has 20 heavy (non-hydrogen) atoms. The van der Waals surface area contributed by atoms with Crippen LogP contribution in [-0.2, 0) is 0 Å². The number of nitrogens with zero attached hydrogens (tertiary/aromatic N) is 1. The van der Waals surface area contributed by atoms with Gasteiger partial charge in [0.1, 0.15) is 0 Å². The van der Waals surface area contributed by atoms with E-state index in [-0.39, 0.29) is 0 Å². The lowest BCUT2D eigenvalue weighted by molar-refractivity contribution is 0.428. The molecule has 0 heterocycles. The van der Waals surface area contributed by atoms with E-state index in [0.717, 1.165) is 25.3 Å². The normalized spacial score (nSPS) is 17.7. The summed E-state index contributed by atoms with van der Waals surface area (Å²) < 4.78 is 0. The zero-order valence-corrected chi connectivity index (χ0v) is 13.1. The average Bonchev–Trinajstić information content (AvgIpc) is 3.02. The van der Waals surface area contributed by atoms with Gasteiger partial charge in [0, 0.05) is 18.3 Å². The maximum absolute atomic E-state index is 2.62. The molecule has 0 radical (unpaired) electrons. The van der Waals surface area contributed by atoms with Gasteiger partial charge in [0.05, 0.1) is 0 Å². The summed E-state index contributed by atoms with van der Waals surface area (Å²) in [6.07, 6.45) is 12.6. The fraction of sp³-hybridized carbons (Fsp3) is 0.579. The Balaban J connectivity index is 2.04. The SMILES string of the molecule is CC/C=C/CCN(c1ccccc1)C(C)C1CCCC1. The van der Waals surface area contributed by atoms with E-state index in [4.69, 9.17) is 0 Å². The van der Waals surface area contributed by atoms with Crippen LogP contribution in [0.2, 0.25) is 0 Å². The molecular weight excluding hydrogens is 242 g/mol. The van der Waals surface area contributed by atoms with Crippen molar-refractivity contribution in [1.82, 2.24) is 0 Å². The molecule has 1 nitrogen and oxygen atoms in total. The highest BCUT2D eigenvalue weighted by atomic mass is 15.2. The first-order chi connectivity index (χ1) is 9.83. The molecule has 1 unspecified atom stereocenters. The highest BCUT2D eigenvalue weighted by Crippen LogP contribution is 2.32. The summed E-state index contributed by atoms with van der Waals surface area (Å²) >= 11 is 0. The van der Waals surface area contributed by atoms with Crippen LogP contribution in [-0.4, -0.2) is 12.6 Å². The summed E-state index contributed by atoms with van der Waals surface area (Å²) in [7, 11) is 0. The van der Waals surface area contributed by atoms with Crippen molar-refractivity contribution in [2.24, 2.45) is 5.92 Å². The predicted octanol–water partition coefficient (Wildman–Crippen LogP) is 5.43. The molecule has 1 saturated carbocycles. The largest absolute Gasteiger partial charge is 0.368 e. The van der Waals surface area contributed by atoms with Gasteiger partial charge in [-0.2, -0.15) is 0 Å². The first-order valence-electron chi connectivity index (χ1n) is 8.29. The Morgan fingerprint density at radius 3 is 2.50 bits per heavy atom. The van der Waals surface area contributed by atoms with Crippen LogP contribution >= 0.6 is 0 Å². The molecular formula is C19H29N. The molecule has 1 atom stereocenters. The van der Waals surface area contributed by atoms with Gasteiger partial charge in [-0.1, -0.05) is 50.1 Å². The summed E-state index contributed by atoms with van der Waals surface area (Å²) in [5.41, 5.74) is 1.39. The van der Waals surface area contributed by atoms with Crippen LogP contribution in [0, 0.1) is 5.92 Å². The van der Waals surface area contributed by atoms with E-state index in [2.05, 4.69) is 61.2 Å². The number of rotatable bonds is 7. The van der Waals surface area contributed by atoms with Crippen molar-refractivity contribution in [3.05, 3.63) is 42.5 Å². The summed E-state index contributed by atoms with van der Waals surface area (Å²) in [5.74, 6) is 0.880. The van der Waals surface area contributed by atoms with Gasteiger partial charge in [0.2, 0.25) is 0 Å². The van der Waals surface area contributed by atoms with Crippen molar-refractivity contribution >= 4 is 5.69 Å². The van der Waals surface area contributed by atoms with Crippen LogP contribution in [0.3, 0.4) is 0 Å². The van der Waals surface area contributed by atoms with E-state index in [1.807, 2.05) is 0 Å².